The first-order valence-corrected chi connectivity index (χ1v) is 12.5. The molecule has 4 rings (SSSR count). The number of likely N-dealkylation sites (tertiary alicyclic amines) is 1. The molecule has 2 aromatic heterocycles. The van der Waals surface area contributed by atoms with E-state index in [1.54, 1.807) is 29.5 Å². The summed E-state index contributed by atoms with van der Waals surface area (Å²) in [7, 11) is 0. The van der Waals surface area contributed by atoms with Crippen LogP contribution in [0.3, 0.4) is 0 Å². The number of thiazole rings is 1. The smallest absolute Gasteiger partial charge is 0.330 e. The van der Waals surface area contributed by atoms with Crippen molar-refractivity contribution in [2.24, 2.45) is 0 Å². The van der Waals surface area contributed by atoms with Crippen molar-refractivity contribution in [3.8, 4) is 22.7 Å². The number of aromatic nitrogens is 2. The van der Waals surface area contributed by atoms with Crippen LogP contribution in [0.1, 0.15) is 37.6 Å². The number of nitrogens with zero attached hydrogens (tertiary/aromatic N) is 3. The number of benzene rings is 1. The summed E-state index contributed by atoms with van der Waals surface area (Å²) in [4.78, 5) is 18.8. The number of ether oxygens (including phenoxy) is 1. The molecule has 0 radical (unpaired) electrons. The summed E-state index contributed by atoms with van der Waals surface area (Å²) in [5.41, 5.74) is 3.35. The van der Waals surface area contributed by atoms with Gasteiger partial charge in [0.15, 0.2) is 5.76 Å². The van der Waals surface area contributed by atoms with Crippen LogP contribution in [0.25, 0.3) is 22.7 Å². The van der Waals surface area contributed by atoms with E-state index in [1.807, 2.05) is 31.4 Å². The van der Waals surface area contributed by atoms with Crippen molar-refractivity contribution in [2.75, 3.05) is 26.2 Å². The minimum absolute atomic E-state index is 0.269. The third-order valence-corrected chi connectivity index (χ3v) is 7.31. The van der Waals surface area contributed by atoms with Crippen molar-refractivity contribution in [3.05, 3.63) is 56.3 Å². The molecule has 33 heavy (non-hydrogen) atoms. The monoisotopic (exact) mass is 505 g/mol. The summed E-state index contributed by atoms with van der Waals surface area (Å²) in [6, 6.07) is 7.25. The molecule has 1 saturated heterocycles. The van der Waals surface area contributed by atoms with Crippen molar-refractivity contribution in [2.45, 2.75) is 32.6 Å². The largest absolute Gasteiger partial charge is 0.463 e. The SMILES string of the molecule is CCOC(=O)C=C(C)CN1CCC(c2nc(-c3cc(-c4ccc(Cl)c(Cl)c4)no3)cs2)CC1. The summed E-state index contributed by atoms with van der Waals surface area (Å²) in [5.74, 6) is 0.789. The Morgan fingerprint density at radius 3 is 2.76 bits per heavy atom. The van der Waals surface area contributed by atoms with E-state index in [0.717, 1.165) is 54.3 Å². The summed E-state index contributed by atoms with van der Waals surface area (Å²) >= 11 is 13.8. The highest BCUT2D eigenvalue weighted by molar-refractivity contribution is 7.10. The Morgan fingerprint density at radius 1 is 1.24 bits per heavy atom. The number of piperidine rings is 1. The minimum atomic E-state index is -0.269. The molecule has 0 atom stereocenters. The molecule has 1 aromatic carbocycles. The molecule has 0 unspecified atom stereocenters. The fraction of sp³-hybridized carbons (Fsp3) is 0.375. The van der Waals surface area contributed by atoms with Crippen LogP contribution in [0.15, 0.2) is 45.8 Å². The highest BCUT2D eigenvalue weighted by Gasteiger charge is 2.24. The summed E-state index contributed by atoms with van der Waals surface area (Å²) < 4.78 is 10.5. The van der Waals surface area contributed by atoms with Gasteiger partial charge in [0.1, 0.15) is 11.4 Å². The predicted octanol–water partition coefficient (Wildman–Crippen LogP) is 6.46. The Labute approximate surface area is 207 Å². The number of hydrogen-bond acceptors (Lipinski definition) is 7. The molecular formula is C24H25Cl2N3O3S. The van der Waals surface area contributed by atoms with Crippen molar-refractivity contribution < 1.29 is 14.1 Å². The van der Waals surface area contributed by atoms with E-state index in [1.165, 1.54) is 0 Å². The van der Waals surface area contributed by atoms with Crippen molar-refractivity contribution in [1.29, 1.82) is 0 Å². The van der Waals surface area contributed by atoms with Crippen molar-refractivity contribution in [1.82, 2.24) is 15.0 Å². The molecule has 1 aliphatic heterocycles. The lowest BCUT2D eigenvalue weighted by molar-refractivity contribution is -0.137. The van der Waals surface area contributed by atoms with Gasteiger partial charge in [-0.05, 0) is 51.9 Å². The maximum atomic E-state index is 11.6. The first-order chi connectivity index (χ1) is 15.9. The maximum Gasteiger partial charge on any atom is 0.330 e. The van der Waals surface area contributed by atoms with Gasteiger partial charge in [-0.15, -0.1) is 11.3 Å². The normalized spacial score (nSPS) is 15.7. The first kappa shape index (κ1) is 24.0. The fourth-order valence-corrected chi connectivity index (χ4v) is 5.18. The molecular weight excluding hydrogens is 481 g/mol. The summed E-state index contributed by atoms with van der Waals surface area (Å²) in [6.07, 6.45) is 3.65. The van der Waals surface area contributed by atoms with E-state index in [0.29, 0.717) is 34.0 Å². The molecule has 0 N–H and O–H groups in total. The van der Waals surface area contributed by atoms with E-state index in [4.69, 9.17) is 37.4 Å². The average molecular weight is 506 g/mol. The highest BCUT2D eigenvalue weighted by Crippen LogP contribution is 2.35. The number of halogens is 2. The molecule has 3 heterocycles. The number of carbonyl (C=O) groups is 1. The standard InChI is InChI=1S/C24H25Cl2N3O3S/c1-3-31-23(30)10-15(2)13-29-8-6-16(7-9-29)24-27-21(14-33-24)22-12-20(28-32-22)17-4-5-18(25)19(26)11-17/h4-5,10-12,14,16H,3,6-9,13H2,1-2H3. The second-order valence-corrected chi connectivity index (χ2v) is 9.77. The van der Waals surface area contributed by atoms with E-state index in [-0.39, 0.29) is 5.97 Å². The van der Waals surface area contributed by atoms with Crippen LogP contribution in [0.5, 0.6) is 0 Å². The third-order valence-electron chi connectivity index (χ3n) is 5.56. The maximum absolute atomic E-state index is 11.6. The van der Waals surface area contributed by atoms with Gasteiger partial charge in [0, 0.05) is 35.5 Å². The quantitative estimate of drug-likeness (QED) is 0.271. The van der Waals surface area contributed by atoms with Gasteiger partial charge in [0.25, 0.3) is 0 Å². The molecule has 0 bridgehead atoms. The number of rotatable bonds is 7. The molecule has 9 heteroatoms. The van der Waals surface area contributed by atoms with Gasteiger partial charge in [-0.25, -0.2) is 9.78 Å². The van der Waals surface area contributed by atoms with Crippen LogP contribution < -0.4 is 0 Å². The number of hydrogen-bond donors (Lipinski definition) is 0. The van der Waals surface area contributed by atoms with Crippen LogP contribution in [-0.2, 0) is 9.53 Å². The molecule has 1 fully saturated rings. The second-order valence-electron chi connectivity index (χ2n) is 8.07. The number of carbonyl (C=O) groups excluding carboxylic acids is 1. The Kier molecular flexibility index (Phi) is 7.86. The van der Waals surface area contributed by atoms with Gasteiger partial charge in [0.2, 0.25) is 0 Å². The van der Waals surface area contributed by atoms with Crippen LogP contribution in [0, 0.1) is 0 Å². The van der Waals surface area contributed by atoms with Gasteiger partial charge < -0.3 is 9.26 Å². The second kappa shape index (κ2) is 10.8. The zero-order chi connectivity index (χ0) is 23.4. The van der Waals surface area contributed by atoms with Gasteiger partial charge in [-0.2, -0.15) is 0 Å². The molecule has 0 saturated carbocycles. The predicted molar refractivity (Wildman–Crippen MR) is 132 cm³/mol. The molecule has 0 aliphatic carbocycles. The fourth-order valence-electron chi connectivity index (χ4n) is 3.90. The van der Waals surface area contributed by atoms with Gasteiger partial charge in [-0.3, -0.25) is 4.90 Å². The topological polar surface area (TPSA) is 68.5 Å². The zero-order valence-corrected chi connectivity index (χ0v) is 20.8. The zero-order valence-electron chi connectivity index (χ0n) is 18.5. The molecule has 3 aromatic rings. The third kappa shape index (κ3) is 6.03. The Morgan fingerprint density at radius 2 is 2.03 bits per heavy atom. The van der Waals surface area contributed by atoms with Gasteiger partial charge in [0.05, 0.1) is 21.7 Å². The average Bonchev–Trinajstić information content (AvgIpc) is 3.46. The first-order valence-electron chi connectivity index (χ1n) is 10.9. The lowest BCUT2D eigenvalue weighted by atomic mass is 9.97. The Balaban J connectivity index is 1.35. The molecule has 1 aliphatic rings. The summed E-state index contributed by atoms with van der Waals surface area (Å²) in [6.45, 7) is 6.90. The van der Waals surface area contributed by atoms with Crippen LogP contribution in [0.2, 0.25) is 10.0 Å². The van der Waals surface area contributed by atoms with Gasteiger partial charge >= 0.3 is 5.97 Å². The Hall–Kier alpha value is -2.19. The van der Waals surface area contributed by atoms with Crippen LogP contribution >= 0.6 is 34.5 Å². The minimum Gasteiger partial charge on any atom is -0.463 e. The highest BCUT2D eigenvalue weighted by atomic mass is 35.5. The summed E-state index contributed by atoms with van der Waals surface area (Å²) in [5, 5.41) is 8.29. The lowest BCUT2D eigenvalue weighted by Crippen LogP contribution is -2.34. The molecule has 0 amide bonds. The molecule has 174 valence electrons. The van der Waals surface area contributed by atoms with Crippen molar-refractivity contribution in [3.63, 3.8) is 0 Å². The lowest BCUT2D eigenvalue weighted by Gasteiger charge is -2.31. The number of esters is 1. The van der Waals surface area contributed by atoms with Crippen LogP contribution in [-0.4, -0.2) is 47.3 Å². The van der Waals surface area contributed by atoms with E-state index in [9.17, 15) is 4.79 Å². The van der Waals surface area contributed by atoms with Crippen molar-refractivity contribution >= 4 is 40.5 Å². The molecule has 6 nitrogen and oxygen atoms in total. The van der Waals surface area contributed by atoms with Gasteiger partial charge in [-0.1, -0.05) is 40.0 Å². The van der Waals surface area contributed by atoms with Crippen LogP contribution in [0.4, 0.5) is 0 Å². The van der Waals surface area contributed by atoms with E-state index in [2.05, 4.69) is 10.1 Å². The molecule has 0 spiro atoms. The van der Waals surface area contributed by atoms with E-state index < -0.39 is 0 Å². The van der Waals surface area contributed by atoms with E-state index >= 15 is 0 Å². The Bertz CT molecular complexity index is 1150.